The lowest BCUT2D eigenvalue weighted by Gasteiger charge is -2.22. The number of nitrogens with zero attached hydrogens (tertiary/aromatic N) is 4. The molecule has 0 aromatic carbocycles. The molecule has 2 aliphatic heterocycles. The lowest BCUT2D eigenvalue weighted by atomic mass is 10.0. The van der Waals surface area contributed by atoms with Crippen molar-refractivity contribution in [3.05, 3.63) is 11.1 Å². The number of amides is 1. The first-order valence-electron chi connectivity index (χ1n) is 8.77. The molecule has 1 unspecified atom stereocenters. The van der Waals surface area contributed by atoms with Gasteiger partial charge in [-0.15, -0.1) is 11.3 Å². The Balaban J connectivity index is 1.55. The van der Waals surface area contributed by atoms with E-state index in [1.807, 2.05) is 13.1 Å². The number of carbonyl (C=O) groups excluding carboxylic acids is 1. The summed E-state index contributed by atoms with van der Waals surface area (Å²) in [6.45, 7) is 5.27. The van der Waals surface area contributed by atoms with Gasteiger partial charge in [0.15, 0.2) is 11.3 Å². The molecule has 0 bridgehead atoms. The summed E-state index contributed by atoms with van der Waals surface area (Å²) in [5.41, 5.74) is 0. The molecule has 0 saturated carbocycles. The molecule has 2 fully saturated rings. The number of anilines is 1. The Morgan fingerprint density at radius 2 is 2.36 bits per heavy atom. The summed E-state index contributed by atoms with van der Waals surface area (Å²) >= 11 is 1.53. The number of ether oxygens (including phenoxy) is 1. The third-order valence-electron chi connectivity index (χ3n) is 5.22. The first-order chi connectivity index (χ1) is 12.1. The summed E-state index contributed by atoms with van der Waals surface area (Å²) in [6.07, 6.45) is 7.08. The Labute approximate surface area is 152 Å². The number of hydrogen-bond acceptors (Lipinski definition) is 7. The van der Waals surface area contributed by atoms with Gasteiger partial charge in [0.05, 0.1) is 12.5 Å². The fourth-order valence-electron chi connectivity index (χ4n) is 3.75. The van der Waals surface area contributed by atoms with Crippen LogP contribution in [0.1, 0.15) is 31.1 Å². The average molecular weight is 363 g/mol. The number of thiazole rings is 1. The maximum atomic E-state index is 12.5. The molecule has 8 heteroatoms. The van der Waals surface area contributed by atoms with Crippen molar-refractivity contribution >= 4 is 22.4 Å². The average Bonchev–Trinajstić information content (AvgIpc) is 3.30. The van der Waals surface area contributed by atoms with Crippen molar-refractivity contribution < 1.29 is 9.53 Å². The fraction of sp³-hybridized carbons (Fsp3) is 0.706. The first-order valence-corrected chi connectivity index (χ1v) is 9.59. The van der Waals surface area contributed by atoms with Crippen LogP contribution in [0.5, 0.6) is 0 Å². The summed E-state index contributed by atoms with van der Waals surface area (Å²) in [6, 6.07) is 0.422. The second-order valence-corrected chi connectivity index (χ2v) is 7.89. The number of likely N-dealkylation sites (tertiary alicyclic amines) is 2. The Bertz CT molecular complexity index is 643. The normalized spacial score (nSPS) is 26.8. The zero-order valence-electron chi connectivity index (χ0n) is 14.8. The van der Waals surface area contributed by atoms with Gasteiger partial charge in [-0.05, 0) is 32.7 Å². The van der Waals surface area contributed by atoms with E-state index >= 15 is 0 Å². The minimum absolute atomic E-state index is 0.0374. The Hall–Kier alpha value is -1.69. The van der Waals surface area contributed by atoms with Gasteiger partial charge in [0.25, 0.3) is 0 Å². The number of nitriles is 1. The molecule has 0 spiro atoms. The number of hydrogen-bond donors (Lipinski definition) is 1. The molecule has 3 heterocycles. The van der Waals surface area contributed by atoms with Crippen molar-refractivity contribution in [1.29, 1.82) is 5.26 Å². The van der Waals surface area contributed by atoms with Gasteiger partial charge in [0.1, 0.15) is 0 Å². The van der Waals surface area contributed by atoms with Crippen molar-refractivity contribution in [2.45, 2.75) is 44.8 Å². The molecule has 0 radical (unpaired) electrons. The van der Waals surface area contributed by atoms with Crippen LogP contribution in [0.3, 0.4) is 0 Å². The third kappa shape index (κ3) is 4.11. The van der Waals surface area contributed by atoms with Gasteiger partial charge in [0.2, 0.25) is 5.91 Å². The highest BCUT2D eigenvalue weighted by Gasteiger charge is 2.35. The Morgan fingerprint density at radius 1 is 1.52 bits per heavy atom. The van der Waals surface area contributed by atoms with Crippen LogP contribution in [0.25, 0.3) is 0 Å². The second kappa shape index (κ2) is 8.13. The summed E-state index contributed by atoms with van der Waals surface area (Å²) in [7, 11) is 1.74. The molecule has 136 valence electrons. The zero-order chi connectivity index (χ0) is 17.8. The van der Waals surface area contributed by atoms with Gasteiger partial charge in [-0.1, -0.05) is 0 Å². The van der Waals surface area contributed by atoms with Crippen molar-refractivity contribution in [1.82, 2.24) is 14.8 Å². The van der Waals surface area contributed by atoms with Crippen molar-refractivity contribution in [3.63, 3.8) is 0 Å². The van der Waals surface area contributed by atoms with E-state index in [0.717, 1.165) is 24.6 Å². The number of aromatic nitrogens is 1. The van der Waals surface area contributed by atoms with E-state index in [0.29, 0.717) is 24.1 Å². The van der Waals surface area contributed by atoms with Crippen LogP contribution in [0.4, 0.5) is 5.13 Å². The van der Waals surface area contributed by atoms with Gasteiger partial charge >= 0.3 is 0 Å². The molecule has 1 aromatic heterocycles. The van der Waals surface area contributed by atoms with Crippen LogP contribution >= 0.6 is 11.3 Å². The van der Waals surface area contributed by atoms with E-state index in [2.05, 4.69) is 21.4 Å². The van der Waals surface area contributed by atoms with Crippen molar-refractivity contribution in [2.75, 3.05) is 32.1 Å². The maximum Gasteiger partial charge on any atom is 0.231 e. The molecule has 0 aliphatic carbocycles. The van der Waals surface area contributed by atoms with Crippen LogP contribution in [0.15, 0.2) is 6.20 Å². The van der Waals surface area contributed by atoms with Crippen LogP contribution < -0.4 is 5.32 Å². The highest BCUT2D eigenvalue weighted by atomic mass is 32.1. The molecule has 1 aromatic rings. The second-order valence-electron chi connectivity index (χ2n) is 6.77. The largest absolute Gasteiger partial charge is 0.383 e. The summed E-state index contributed by atoms with van der Waals surface area (Å²) < 4.78 is 5.30. The Kier molecular flexibility index (Phi) is 5.89. The minimum Gasteiger partial charge on any atom is -0.383 e. The van der Waals surface area contributed by atoms with Crippen LogP contribution in [0, 0.1) is 17.4 Å². The van der Waals surface area contributed by atoms with Gasteiger partial charge < -0.3 is 15.0 Å². The van der Waals surface area contributed by atoms with E-state index < -0.39 is 0 Å². The van der Waals surface area contributed by atoms with Gasteiger partial charge in [-0.3, -0.25) is 9.69 Å². The molecule has 1 N–H and O–H groups in total. The van der Waals surface area contributed by atoms with E-state index in [-0.39, 0.29) is 17.9 Å². The highest BCUT2D eigenvalue weighted by molar-refractivity contribution is 7.15. The SMILES string of the molecule is COCC1CCCN1Cc1cnc(NC(=O)[C@H]2CCN(C#N)[C@H]2C)s1. The molecule has 2 aliphatic rings. The summed E-state index contributed by atoms with van der Waals surface area (Å²) in [5.74, 6) is -0.193. The van der Waals surface area contributed by atoms with Crippen LogP contribution in [0.2, 0.25) is 0 Å². The standard InChI is InChI=1S/C17H25N5O2S/c1-12-15(5-7-22(12)11-18)16(23)20-17-19-8-14(25-17)9-21-6-3-4-13(21)10-24-2/h8,12-13,15H,3-7,9-10H2,1-2H3,(H,19,20,23)/t12-,13?,15-/m0/s1. The van der Waals surface area contributed by atoms with Gasteiger partial charge in [0, 0.05) is 43.4 Å². The molecule has 25 heavy (non-hydrogen) atoms. The van der Waals surface area contributed by atoms with Crippen molar-refractivity contribution in [2.24, 2.45) is 5.92 Å². The zero-order valence-corrected chi connectivity index (χ0v) is 15.6. The molecule has 3 atom stereocenters. The number of nitrogens with one attached hydrogen (secondary N) is 1. The minimum atomic E-state index is -0.156. The lowest BCUT2D eigenvalue weighted by Crippen LogP contribution is -2.33. The Morgan fingerprint density at radius 3 is 3.08 bits per heavy atom. The topological polar surface area (TPSA) is 81.5 Å². The lowest BCUT2D eigenvalue weighted by molar-refractivity contribution is -0.120. The predicted octanol–water partition coefficient (Wildman–Crippen LogP) is 1.88. The molecule has 7 nitrogen and oxygen atoms in total. The highest BCUT2D eigenvalue weighted by Crippen LogP contribution is 2.28. The van der Waals surface area contributed by atoms with Crippen LogP contribution in [-0.4, -0.2) is 59.6 Å². The van der Waals surface area contributed by atoms with E-state index in [9.17, 15) is 4.79 Å². The van der Waals surface area contributed by atoms with E-state index in [4.69, 9.17) is 10.00 Å². The molecule has 1 amide bonds. The molecular formula is C17H25N5O2S. The fourth-order valence-corrected chi connectivity index (χ4v) is 4.59. The number of methoxy groups -OCH3 is 1. The first kappa shape index (κ1) is 18.1. The monoisotopic (exact) mass is 363 g/mol. The molecule has 3 rings (SSSR count). The van der Waals surface area contributed by atoms with Crippen LogP contribution in [-0.2, 0) is 16.1 Å². The number of rotatable bonds is 6. The van der Waals surface area contributed by atoms with Gasteiger partial charge in [-0.25, -0.2) is 4.98 Å². The number of carbonyl (C=O) groups is 1. The third-order valence-corrected chi connectivity index (χ3v) is 6.12. The predicted molar refractivity (Wildman–Crippen MR) is 95.9 cm³/mol. The van der Waals surface area contributed by atoms with E-state index in [1.54, 1.807) is 12.0 Å². The molecule has 2 saturated heterocycles. The van der Waals surface area contributed by atoms with E-state index in [1.165, 1.54) is 24.2 Å². The summed E-state index contributed by atoms with van der Waals surface area (Å²) in [4.78, 5) is 22.1. The smallest absolute Gasteiger partial charge is 0.231 e. The molecular weight excluding hydrogens is 338 g/mol. The maximum absolute atomic E-state index is 12.5. The van der Waals surface area contributed by atoms with Gasteiger partial charge in [-0.2, -0.15) is 5.26 Å². The van der Waals surface area contributed by atoms with Crippen molar-refractivity contribution in [3.8, 4) is 6.19 Å². The summed E-state index contributed by atoms with van der Waals surface area (Å²) in [5, 5.41) is 12.6. The quantitative estimate of drug-likeness (QED) is 0.777.